The lowest BCUT2D eigenvalue weighted by atomic mass is 10.3. The standard InChI is InChI=1S/C10H8Br2S2/c1-6-7(11)5-9(14-6)10(12)8-3-2-4-13-8/h2-5,10H,1H3. The predicted molar refractivity (Wildman–Crippen MR) is 71.8 cm³/mol. The summed E-state index contributed by atoms with van der Waals surface area (Å²) >= 11 is 10.9. The molecule has 0 nitrogen and oxygen atoms in total. The second-order valence-electron chi connectivity index (χ2n) is 2.93. The maximum Gasteiger partial charge on any atom is 0.0831 e. The molecule has 0 aliphatic rings. The van der Waals surface area contributed by atoms with Crippen molar-refractivity contribution in [3.8, 4) is 0 Å². The first-order valence-electron chi connectivity index (χ1n) is 4.12. The molecule has 1 unspecified atom stereocenters. The highest BCUT2D eigenvalue weighted by Crippen LogP contribution is 2.40. The molecule has 74 valence electrons. The molecule has 0 N–H and O–H groups in total. The molecule has 0 aliphatic heterocycles. The van der Waals surface area contributed by atoms with Crippen molar-refractivity contribution in [1.29, 1.82) is 0 Å². The van der Waals surface area contributed by atoms with E-state index in [1.807, 2.05) is 11.3 Å². The highest BCUT2D eigenvalue weighted by Gasteiger charge is 2.14. The van der Waals surface area contributed by atoms with E-state index in [1.54, 1.807) is 11.3 Å². The van der Waals surface area contributed by atoms with Crippen LogP contribution in [0.3, 0.4) is 0 Å². The summed E-state index contributed by atoms with van der Waals surface area (Å²) in [5.41, 5.74) is 0. The van der Waals surface area contributed by atoms with Gasteiger partial charge in [0.1, 0.15) is 0 Å². The average molecular weight is 352 g/mol. The van der Waals surface area contributed by atoms with Crippen molar-refractivity contribution >= 4 is 54.5 Å². The Balaban J connectivity index is 2.32. The summed E-state index contributed by atoms with van der Waals surface area (Å²) in [6.07, 6.45) is 0. The van der Waals surface area contributed by atoms with Gasteiger partial charge in [-0.3, -0.25) is 0 Å². The highest BCUT2D eigenvalue weighted by atomic mass is 79.9. The fourth-order valence-corrected chi connectivity index (χ4v) is 4.42. The van der Waals surface area contributed by atoms with Gasteiger partial charge < -0.3 is 0 Å². The number of aryl methyl sites for hydroxylation is 1. The van der Waals surface area contributed by atoms with Gasteiger partial charge in [0.25, 0.3) is 0 Å². The Bertz CT molecular complexity index is 398. The van der Waals surface area contributed by atoms with Crippen LogP contribution in [0.25, 0.3) is 0 Å². The first-order chi connectivity index (χ1) is 6.68. The Morgan fingerprint density at radius 1 is 1.36 bits per heavy atom. The van der Waals surface area contributed by atoms with Gasteiger partial charge in [-0.1, -0.05) is 22.0 Å². The number of thiophene rings is 2. The smallest absolute Gasteiger partial charge is 0.0831 e. The van der Waals surface area contributed by atoms with Gasteiger partial charge in [-0.25, -0.2) is 0 Å². The third-order valence-electron chi connectivity index (χ3n) is 1.92. The fraction of sp³-hybridized carbons (Fsp3) is 0.200. The van der Waals surface area contributed by atoms with Crippen LogP contribution in [-0.2, 0) is 0 Å². The van der Waals surface area contributed by atoms with E-state index in [-0.39, 0.29) is 0 Å². The Morgan fingerprint density at radius 2 is 2.14 bits per heavy atom. The zero-order chi connectivity index (χ0) is 10.1. The fourth-order valence-electron chi connectivity index (χ4n) is 1.18. The first kappa shape index (κ1) is 10.9. The maximum atomic E-state index is 3.72. The molecule has 0 fully saturated rings. The van der Waals surface area contributed by atoms with E-state index in [4.69, 9.17) is 0 Å². The van der Waals surface area contributed by atoms with E-state index < -0.39 is 0 Å². The third kappa shape index (κ3) is 2.13. The van der Waals surface area contributed by atoms with Gasteiger partial charge in [-0.05, 0) is 40.4 Å². The summed E-state index contributed by atoms with van der Waals surface area (Å²) in [4.78, 5) is 4.40. The summed E-state index contributed by atoms with van der Waals surface area (Å²) < 4.78 is 1.21. The summed E-state index contributed by atoms with van der Waals surface area (Å²) in [6.45, 7) is 2.13. The molecule has 2 aromatic heterocycles. The van der Waals surface area contributed by atoms with Crippen molar-refractivity contribution in [3.63, 3.8) is 0 Å². The number of hydrogen-bond acceptors (Lipinski definition) is 2. The molecule has 0 spiro atoms. The molecule has 0 amide bonds. The number of hydrogen-bond donors (Lipinski definition) is 0. The lowest BCUT2D eigenvalue weighted by Crippen LogP contribution is -1.83. The van der Waals surface area contributed by atoms with E-state index >= 15 is 0 Å². The molecular weight excluding hydrogens is 344 g/mol. The predicted octanol–water partition coefficient (Wildman–Crippen LogP) is 5.36. The monoisotopic (exact) mass is 350 g/mol. The van der Waals surface area contributed by atoms with E-state index in [2.05, 4.69) is 62.4 Å². The molecule has 2 rings (SSSR count). The van der Waals surface area contributed by atoms with Crippen LogP contribution in [0, 0.1) is 6.92 Å². The lowest BCUT2D eigenvalue weighted by Gasteiger charge is -2.03. The van der Waals surface area contributed by atoms with E-state index in [9.17, 15) is 0 Å². The normalized spacial score (nSPS) is 13.1. The molecule has 2 aromatic rings. The molecule has 0 aromatic carbocycles. The van der Waals surface area contributed by atoms with Crippen LogP contribution in [0.1, 0.15) is 19.5 Å². The van der Waals surface area contributed by atoms with Crippen LogP contribution < -0.4 is 0 Å². The van der Waals surface area contributed by atoms with Crippen LogP contribution in [0.15, 0.2) is 28.1 Å². The van der Waals surface area contributed by atoms with Gasteiger partial charge in [0.15, 0.2) is 0 Å². The van der Waals surface area contributed by atoms with Gasteiger partial charge >= 0.3 is 0 Å². The SMILES string of the molecule is Cc1sc(C(Br)c2cccs2)cc1Br. The molecule has 4 heteroatoms. The molecule has 0 radical (unpaired) electrons. The van der Waals surface area contributed by atoms with Gasteiger partial charge in [0.05, 0.1) is 4.83 Å². The first-order valence-corrected chi connectivity index (χ1v) is 7.52. The molecule has 2 heterocycles. The van der Waals surface area contributed by atoms with Gasteiger partial charge in [-0.15, -0.1) is 22.7 Å². The minimum absolute atomic E-state index is 0.345. The van der Waals surface area contributed by atoms with Crippen LogP contribution in [-0.4, -0.2) is 0 Å². The quantitative estimate of drug-likeness (QED) is 0.638. The lowest BCUT2D eigenvalue weighted by molar-refractivity contribution is 1.28. The Morgan fingerprint density at radius 3 is 2.64 bits per heavy atom. The molecule has 0 bridgehead atoms. The van der Waals surface area contributed by atoms with E-state index in [0.717, 1.165) is 0 Å². The van der Waals surface area contributed by atoms with E-state index in [0.29, 0.717) is 4.83 Å². The summed E-state index contributed by atoms with van der Waals surface area (Å²) in [7, 11) is 0. The molecule has 1 atom stereocenters. The Kier molecular flexibility index (Phi) is 3.47. The van der Waals surface area contributed by atoms with Crippen molar-refractivity contribution in [2.75, 3.05) is 0 Å². The summed E-state index contributed by atoms with van der Waals surface area (Å²) in [5.74, 6) is 0. The van der Waals surface area contributed by atoms with Crippen LogP contribution in [0.4, 0.5) is 0 Å². The van der Waals surface area contributed by atoms with Gasteiger partial charge in [0.2, 0.25) is 0 Å². The zero-order valence-corrected chi connectivity index (χ0v) is 12.3. The van der Waals surface area contributed by atoms with Crippen molar-refractivity contribution < 1.29 is 0 Å². The number of rotatable bonds is 2. The van der Waals surface area contributed by atoms with Crippen LogP contribution in [0.5, 0.6) is 0 Å². The van der Waals surface area contributed by atoms with Crippen LogP contribution >= 0.6 is 54.5 Å². The van der Waals surface area contributed by atoms with Crippen molar-refractivity contribution in [2.24, 2.45) is 0 Å². The second-order valence-corrected chi connectivity index (χ2v) is 6.97. The highest BCUT2D eigenvalue weighted by molar-refractivity contribution is 9.10. The number of halogens is 2. The van der Waals surface area contributed by atoms with Gasteiger partial charge in [-0.2, -0.15) is 0 Å². The van der Waals surface area contributed by atoms with Gasteiger partial charge in [0, 0.05) is 19.1 Å². The summed E-state index contributed by atoms with van der Waals surface area (Å²) in [6, 6.07) is 6.44. The second kappa shape index (κ2) is 4.47. The molecule has 0 aliphatic carbocycles. The topological polar surface area (TPSA) is 0 Å². The minimum atomic E-state index is 0.345. The van der Waals surface area contributed by atoms with Crippen molar-refractivity contribution in [3.05, 3.63) is 42.7 Å². The zero-order valence-electron chi connectivity index (χ0n) is 7.46. The molecule has 0 saturated heterocycles. The van der Waals surface area contributed by atoms with Crippen molar-refractivity contribution in [2.45, 2.75) is 11.8 Å². The summed E-state index contributed by atoms with van der Waals surface area (Å²) in [5, 5.41) is 2.11. The number of alkyl halides is 1. The van der Waals surface area contributed by atoms with Crippen molar-refractivity contribution in [1.82, 2.24) is 0 Å². The molecular formula is C10H8Br2S2. The third-order valence-corrected chi connectivity index (χ3v) is 6.65. The average Bonchev–Trinajstić information content (AvgIpc) is 2.76. The Hall–Kier alpha value is 0.360. The molecule has 14 heavy (non-hydrogen) atoms. The minimum Gasteiger partial charge on any atom is -0.147 e. The maximum absolute atomic E-state index is 3.72. The molecule has 0 saturated carbocycles. The van der Waals surface area contributed by atoms with E-state index in [1.165, 1.54) is 19.1 Å². The van der Waals surface area contributed by atoms with Crippen LogP contribution in [0.2, 0.25) is 0 Å². The Labute approximate surface area is 108 Å². The largest absolute Gasteiger partial charge is 0.147 e.